The SMILES string of the molecule is Cc1cc(N2C(=O)NC(C)(C)C2=O)ccc1CN. The van der Waals surface area contributed by atoms with E-state index in [1.807, 2.05) is 13.0 Å². The second kappa shape index (κ2) is 4.10. The summed E-state index contributed by atoms with van der Waals surface area (Å²) in [6.45, 7) is 5.73. The summed E-state index contributed by atoms with van der Waals surface area (Å²) in [7, 11) is 0. The van der Waals surface area contributed by atoms with Crippen LogP contribution in [0.4, 0.5) is 10.5 Å². The summed E-state index contributed by atoms with van der Waals surface area (Å²) in [6.07, 6.45) is 0. The first-order valence-corrected chi connectivity index (χ1v) is 5.83. The van der Waals surface area contributed by atoms with Gasteiger partial charge in [0.25, 0.3) is 5.91 Å². The van der Waals surface area contributed by atoms with E-state index in [9.17, 15) is 9.59 Å². The first kappa shape index (κ1) is 12.6. The molecule has 0 bridgehead atoms. The van der Waals surface area contributed by atoms with E-state index in [2.05, 4.69) is 5.32 Å². The minimum absolute atomic E-state index is 0.243. The van der Waals surface area contributed by atoms with Crippen LogP contribution in [-0.4, -0.2) is 17.5 Å². The van der Waals surface area contributed by atoms with Crippen LogP contribution >= 0.6 is 0 Å². The van der Waals surface area contributed by atoms with Gasteiger partial charge in [0.2, 0.25) is 0 Å². The number of anilines is 1. The van der Waals surface area contributed by atoms with Gasteiger partial charge in [-0.2, -0.15) is 0 Å². The molecule has 3 N–H and O–H groups in total. The van der Waals surface area contributed by atoms with Crippen molar-refractivity contribution in [3.8, 4) is 0 Å². The summed E-state index contributed by atoms with van der Waals surface area (Å²) in [5.41, 5.74) is 7.30. The molecule has 5 heteroatoms. The second-order valence-corrected chi connectivity index (χ2v) is 5.01. The number of urea groups is 1. The lowest BCUT2D eigenvalue weighted by molar-refractivity contribution is -0.120. The molecule has 3 amide bonds. The lowest BCUT2D eigenvalue weighted by Gasteiger charge is -2.17. The zero-order valence-corrected chi connectivity index (χ0v) is 10.8. The lowest BCUT2D eigenvalue weighted by Crippen LogP contribution is -2.40. The zero-order valence-electron chi connectivity index (χ0n) is 10.8. The average Bonchev–Trinajstić information content (AvgIpc) is 2.48. The highest BCUT2D eigenvalue weighted by atomic mass is 16.2. The van der Waals surface area contributed by atoms with E-state index in [-0.39, 0.29) is 11.9 Å². The number of nitrogens with one attached hydrogen (secondary N) is 1. The van der Waals surface area contributed by atoms with Gasteiger partial charge < -0.3 is 11.1 Å². The monoisotopic (exact) mass is 247 g/mol. The van der Waals surface area contributed by atoms with Gasteiger partial charge >= 0.3 is 6.03 Å². The molecule has 0 aliphatic carbocycles. The Labute approximate surface area is 106 Å². The van der Waals surface area contributed by atoms with Crippen molar-refractivity contribution in [1.29, 1.82) is 0 Å². The Morgan fingerprint density at radius 1 is 1.33 bits per heavy atom. The van der Waals surface area contributed by atoms with Crippen LogP contribution in [0.3, 0.4) is 0 Å². The highest BCUT2D eigenvalue weighted by Crippen LogP contribution is 2.26. The number of benzene rings is 1. The molecule has 18 heavy (non-hydrogen) atoms. The highest BCUT2D eigenvalue weighted by molar-refractivity contribution is 6.23. The molecule has 1 aromatic carbocycles. The van der Waals surface area contributed by atoms with E-state index in [0.29, 0.717) is 12.2 Å². The molecular weight excluding hydrogens is 230 g/mol. The number of imide groups is 1. The Kier molecular flexibility index (Phi) is 2.86. The predicted molar refractivity (Wildman–Crippen MR) is 69.2 cm³/mol. The third-order valence-corrected chi connectivity index (χ3v) is 3.16. The minimum atomic E-state index is -0.850. The molecule has 2 rings (SSSR count). The van der Waals surface area contributed by atoms with E-state index in [0.717, 1.165) is 11.1 Å². The molecule has 0 atom stereocenters. The predicted octanol–water partition coefficient (Wildman–Crippen LogP) is 1.29. The van der Waals surface area contributed by atoms with E-state index < -0.39 is 5.54 Å². The van der Waals surface area contributed by atoms with Crippen LogP contribution in [0, 0.1) is 6.92 Å². The van der Waals surface area contributed by atoms with Gasteiger partial charge in [-0.25, -0.2) is 9.69 Å². The summed E-state index contributed by atoms with van der Waals surface area (Å²) in [6, 6.07) is 5.01. The number of hydrogen-bond acceptors (Lipinski definition) is 3. The van der Waals surface area contributed by atoms with Crippen LogP contribution in [0.15, 0.2) is 18.2 Å². The van der Waals surface area contributed by atoms with Crippen molar-refractivity contribution in [3.63, 3.8) is 0 Å². The van der Waals surface area contributed by atoms with Gasteiger partial charge in [0.05, 0.1) is 5.69 Å². The number of nitrogens with zero attached hydrogens (tertiary/aromatic N) is 1. The molecule has 1 aromatic rings. The first-order chi connectivity index (χ1) is 8.36. The summed E-state index contributed by atoms with van der Waals surface area (Å²) >= 11 is 0. The molecule has 0 unspecified atom stereocenters. The van der Waals surface area contributed by atoms with Gasteiger partial charge in [-0.05, 0) is 44.0 Å². The minimum Gasteiger partial charge on any atom is -0.326 e. The highest BCUT2D eigenvalue weighted by Gasteiger charge is 2.45. The number of aryl methyl sites for hydroxylation is 1. The molecule has 1 aliphatic rings. The van der Waals surface area contributed by atoms with E-state index in [1.54, 1.807) is 26.0 Å². The van der Waals surface area contributed by atoms with Crippen molar-refractivity contribution in [2.45, 2.75) is 32.9 Å². The van der Waals surface area contributed by atoms with Crippen LogP contribution < -0.4 is 16.0 Å². The molecule has 1 aliphatic heterocycles. The summed E-state index contributed by atoms with van der Waals surface area (Å²) in [4.78, 5) is 25.1. The molecule has 0 spiro atoms. The van der Waals surface area contributed by atoms with Crippen molar-refractivity contribution in [2.75, 3.05) is 4.90 Å². The molecule has 0 radical (unpaired) electrons. The van der Waals surface area contributed by atoms with Gasteiger partial charge in [0, 0.05) is 6.54 Å². The molecule has 0 saturated carbocycles. The Morgan fingerprint density at radius 2 is 2.00 bits per heavy atom. The standard InChI is InChI=1S/C13H17N3O2/c1-8-6-10(5-4-9(8)7-14)16-11(17)13(2,3)15-12(16)18/h4-6H,7,14H2,1-3H3,(H,15,18). The van der Waals surface area contributed by atoms with Crippen LogP contribution in [-0.2, 0) is 11.3 Å². The maximum Gasteiger partial charge on any atom is 0.329 e. The smallest absolute Gasteiger partial charge is 0.326 e. The Balaban J connectivity index is 2.41. The molecule has 1 saturated heterocycles. The van der Waals surface area contributed by atoms with Crippen LogP contribution in [0.5, 0.6) is 0 Å². The molecule has 0 aromatic heterocycles. The Bertz CT molecular complexity index is 523. The summed E-state index contributed by atoms with van der Waals surface area (Å²) in [5, 5.41) is 2.65. The van der Waals surface area contributed by atoms with Gasteiger partial charge in [-0.1, -0.05) is 6.07 Å². The van der Waals surface area contributed by atoms with Crippen molar-refractivity contribution < 1.29 is 9.59 Å². The summed E-state index contributed by atoms with van der Waals surface area (Å²) in [5.74, 6) is -0.243. The number of amides is 3. The van der Waals surface area contributed by atoms with E-state index in [4.69, 9.17) is 5.73 Å². The third-order valence-electron chi connectivity index (χ3n) is 3.16. The van der Waals surface area contributed by atoms with E-state index in [1.165, 1.54) is 4.90 Å². The number of carbonyl (C=O) groups is 2. The van der Waals surface area contributed by atoms with E-state index >= 15 is 0 Å². The maximum atomic E-state index is 12.1. The van der Waals surface area contributed by atoms with Crippen molar-refractivity contribution in [3.05, 3.63) is 29.3 Å². The molecule has 96 valence electrons. The number of nitrogens with two attached hydrogens (primary N) is 1. The van der Waals surface area contributed by atoms with Gasteiger partial charge in [0.15, 0.2) is 0 Å². The quantitative estimate of drug-likeness (QED) is 0.773. The normalized spacial score (nSPS) is 18.1. The van der Waals surface area contributed by atoms with Crippen molar-refractivity contribution >= 4 is 17.6 Å². The molecular formula is C13H17N3O2. The maximum absolute atomic E-state index is 12.1. The molecule has 5 nitrogen and oxygen atoms in total. The molecule has 1 fully saturated rings. The van der Waals surface area contributed by atoms with Crippen molar-refractivity contribution in [1.82, 2.24) is 5.32 Å². The fourth-order valence-corrected chi connectivity index (χ4v) is 2.03. The summed E-state index contributed by atoms with van der Waals surface area (Å²) < 4.78 is 0. The third kappa shape index (κ3) is 1.86. The number of rotatable bonds is 2. The Morgan fingerprint density at radius 3 is 2.44 bits per heavy atom. The number of hydrogen-bond donors (Lipinski definition) is 2. The fourth-order valence-electron chi connectivity index (χ4n) is 2.03. The average molecular weight is 247 g/mol. The topological polar surface area (TPSA) is 75.4 Å². The fraction of sp³-hybridized carbons (Fsp3) is 0.385. The van der Waals surface area contributed by atoms with Crippen LogP contribution in [0.2, 0.25) is 0 Å². The van der Waals surface area contributed by atoms with Gasteiger partial charge in [-0.15, -0.1) is 0 Å². The first-order valence-electron chi connectivity index (χ1n) is 5.83. The number of carbonyl (C=O) groups excluding carboxylic acids is 2. The van der Waals surface area contributed by atoms with Crippen LogP contribution in [0.25, 0.3) is 0 Å². The second-order valence-electron chi connectivity index (χ2n) is 5.01. The lowest BCUT2D eigenvalue weighted by atomic mass is 10.1. The molecule has 1 heterocycles. The zero-order chi connectivity index (χ0) is 13.5. The van der Waals surface area contributed by atoms with Gasteiger partial charge in [-0.3, -0.25) is 4.79 Å². The van der Waals surface area contributed by atoms with Gasteiger partial charge in [0.1, 0.15) is 5.54 Å². The Hall–Kier alpha value is -1.88. The largest absolute Gasteiger partial charge is 0.329 e. The van der Waals surface area contributed by atoms with Crippen LogP contribution in [0.1, 0.15) is 25.0 Å². The van der Waals surface area contributed by atoms with Crippen molar-refractivity contribution in [2.24, 2.45) is 5.73 Å².